The molecule has 0 radical (unpaired) electrons. The van der Waals surface area contributed by atoms with Gasteiger partial charge in [-0.15, -0.1) is 0 Å². The quantitative estimate of drug-likeness (QED) is 0.530. The predicted molar refractivity (Wildman–Crippen MR) is 142 cm³/mol. The van der Waals surface area contributed by atoms with Crippen molar-refractivity contribution in [2.24, 2.45) is 16.6 Å². The summed E-state index contributed by atoms with van der Waals surface area (Å²) >= 11 is 1.36. The van der Waals surface area contributed by atoms with Crippen molar-refractivity contribution in [3.63, 3.8) is 0 Å². The average molecular weight is 502 g/mol. The number of methoxy groups -OCH3 is 1. The summed E-state index contributed by atoms with van der Waals surface area (Å²) in [5.74, 6) is 0.136. The van der Waals surface area contributed by atoms with Gasteiger partial charge in [0, 0.05) is 36.3 Å². The highest BCUT2D eigenvalue weighted by atomic mass is 32.2. The van der Waals surface area contributed by atoms with Crippen LogP contribution in [0.15, 0.2) is 64.6 Å². The number of aromatic nitrogens is 2. The topological polar surface area (TPSA) is 103 Å². The highest BCUT2D eigenvalue weighted by Crippen LogP contribution is 2.35. The number of thioether (sulfide) groups is 1. The van der Waals surface area contributed by atoms with Crippen molar-refractivity contribution in [1.82, 2.24) is 14.7 Å². The molecule has 0 saturated carbocycles. The maximum absolute atomic E-state index is 12.9. The summed E-state index contributed by atoms with van der Waals surface area (Å²) in [7, 11) is 1.64. The minimum atomic E-state index is -0.267. The van der Waals surface area contributed by atoms with E-state index in [0.717, 1.165) is 33.8 Å². The maximum atomic E-state index is 12.9. The number of primary amides is 1. The second-order valence-corrected chi connectivity index (χ2v) is 9.88. The molecule has 2 aromatic carbocycles. The molecule has 2 aliphatic rings. The standard InChI is InChI=1S/C27H27N5O3S/c1-17-14-21(35-2)8-9-22(17)24-19(16-32(30-24)20-6-4-3-5-7-20)15-23-26(34)29-27(36-23)31-12-10-18(11-13-31)25(28)33/h3-9,14-16,18H,10-13H2,1-2H3,(H2,28,33). The fourth-order valence-electron chi connectivity index (χ4n) is 4.47. The van der Waals surface area contributed by atoms with Crippen LogP contribution < -0.4 is 10.5 Å². The molecule has 0 spiro atoms. The lowest BCUT2D eigenvalue weighted by atomic mass is 9.97. The second kappa shape index (κ2) is 10.0. The van der Waals surface area contributed by atoms with Crippen LogP contribution in [-0.2, 0) is 9.59 Å². The van der Waals surface area contributed by atoms with E-state index in [0.29, 0.717) is 36.0 Å². The molecule has 3 aromatic rings. The summed E-state index contributed by atoms with van der Waals surface area (Å²) in [6, 6.07) is 15.7. The zero-order chi connectivity index (χ0) is 25.2. The van der Waals surface area contributed by atoms with E-state index < -0.39 is 0 Å². The summed E-state index contributed by atoms with van der Waals surface area (Å²) < 4.78 is 7.20. The lowest BCUT2D eigenvalue weighted by molar-refractivity contribution is -0.123. The third-order valence-electron chi connectivity index (χ3n) is 6.52. The monoisotopic (exact) mass is 501 g/mol. The molecule has 1 aromatic heterocycles. The van der Waals surface area contributed by atoms with Gasteiger partial charge in [-0.25, -0.2) is 4.68 Å². The zero-order valence-electron chi connectivity index (χ0n) is 20.2. The Kier molecular flexibility index (Phi) is 6.65. The van der Waals surface area contributed by atoms with Gasteiger partial charge in [-0.05, 0) is 73.5 Å². The number of para-hydroxylation sites is 1. The van der Waals surface area contributed by atoms with Crippen LogP contribution in [0.4, 0.5) is 0 Å². The normalized spacial score (nSPS) is 17.5. The fourth-order valence-corrected chi connectivity index (χ4v) is 5.43. The van der Waals surface area contributed by atoms with E-state index in [4.69, 9.17) is 15.6 Å². The molecule has 0 unspecified atom stereocenters. The Morgan fingerprint density at radius 3 is 2.58 bits per heavy atom. The van der Waals surface area contributed by atoms with Crippen LogP contribution in [0.5, 0.6) is 5.75 Å². The molecule has 9 heteroatoms. The number of hydrogen-bond donors (Lipinski definition) is 1. The van der Waals surface area contributed by atoms with Crippen molar-refractivity contribution >= 4 is 34.8 Å². The SMILES string of the molecule is COc1ccc(-c2nn(-c3ccccc3)cc2C=C2SC(N3CCC(C(N)=O)CC3)=NC2=O)c(C)c1. The molecule has 184 valence electrons. The number of amidine groups is 1. The van der Waals surface area contributed by atoms with Crippen molar-refractivity contribution in [2.75, 3.05) is 20.2 Å². The van der Waals surface area contributed by atoms with Crippen molar-refractivity contribution < 1.29 is 14.3 Å². The molecular formula is C27H27N5O3S. The smallest absolute Gasteiger partial charge is 0.286 e. The van der Waals surface area contributed by atoms with Crippen molar-refractivity contribution in [1.29, 1.82) is 0 Å². The van der Waals surface area contributed by atoms with Crippen LogP contribution in [-0.4, -0.2) is 51.9 Å². The van der Waals surface area contributed by atoms with Gasteiger partial charge in [-0.2, -0.15) is 10.1 Å². The molecule has 2 aliphatic heterocycles. The minimum Gasteiger partial charge on any atom is -0.497 e. The van der Waals surface area contributed by atoms with Crippen molar-refractivity contribution in [3.05, 3.63) is 70.8 Å². The summed E-state index contributed by atoms with van der Waals surface area (Å²) in [5.41, 5.74) is 9.96. The van der Waals surface area contributed by atoms with Crippen LogP contribution in [0.25, 0.3) is 23.0 Å². The first-order valence-electron chi connectivity index (χ1n) is 11.8. The van der Waals surface area contributed by atoms with E-state index in [1.54, 1.807) is 7.11 Å². The first-order chi connectivity index (χ1) is 17.4. The van der Waals surface area contributed by atoms with Gasteiger partial charge in [0.25, 0.3) is 5.91 Å². The third kappa shape index (κ3) is 4.79. The number of amides is 2. The number of likely N-dealkylation sites (tertiary alicyclic amines) is 1. The highest BCUT2D eigenvalue weighted by molar-refractivity contribution is 8.18. The first-order valence-corrected chi connectivity index (χ1v) is 12.6. The number of rotatable bonds is 5. The average Bonchev–Trinajstić information content (AvgIpc) is 3.48. The molecule has 0 bridgehead atoms. The number of hydrogen-bond acceptors (Lipinski definition) is 6. The Labute approximate surface area is 213 Å². The fraction of sp³-hybridized carbons (Fsp3) is 0.259. The molecule has 0 atom stereocenters. The Morgan fingerprint density at radius 2 is 1.92 bits per heavy atom. The molecule has 0 aliphatic carbocycles. The van der Waals surface area contributed by atoms with E-state index in [1.165, 1.54) is 11.8 Å². The molecule has 5 rings (SSSR count). The summed E-state index contributed by atoms with van der Waals surface area (Å²) in [6.07, 6.45) is 5.15. The molecule has 2 amide bonds. The van der Waals surface area contributed by atoms with Gasteiger partial charge < -0.3 is 15.4 Å². The zero-order valence-corrected chi connectivity index (χ0v) is 21.0. The van der Waals surface area contributed by atoms with Gasteiger partial charge in [-0.3, -0.25) is 9.59 Å². The van der Waals surface area contributed by atoms with Crippen molar-refractivity contribution in [3.8, 4) is 22.7 Å². The van der Waals surface area contributed by atoms with Gasteiger partial charge in [0.1, 0.15) is 11.4 Å². The number of aliphatic imine (C=N–C) groups is 1. The number of nitrogens with two attached hydrogens (primary N) is 1. The predicted octanol–water partition coefficient (Wildman–Crippen LogP) is 4.02. The first kappa shape index (κ1) is 23.9. The number of ether oxygens (including phenoxy) is 1. The largest absolute Gasteiger partial charge is 0.497 e. The maximum Gasteiger partial charge on any atom is 0.286 e. The molecule has 36 heavy (non-hydrogen) atoms. The molecule has 8 nitrogen and oxygen atoms in total. The molecule has 1 saturated heterocycles. The Bertz CT molecular complexity index is 1370. The van der Waals surface area contributed by atoms with E-state index in [2.05, 4.69) is 9.89 Å². The van der Waals surface area contributed by atoms with E-state index >= 15 is 0 Å². The third-order valence-corrected chi connectivity index (χ3v) is 7.56. The highest BCUT2D eigenvalue weighted by Gasteiger charge is 2.31. The van der Waals surface area contributed by atoms with Gasteiger partial charge in [-0.1, -0.05) is 18.2 Å². The lowest BCUT2D eigenvalue weighted by Crippen LogP contribution is -2.40. The molecule has 3 heterocycles. The Balaban J connectivity index is 1.47. The summed E-state index contributed by atoms with van der Waals surface area (Å²) in [6.45, 7) is 3.33. The summed E-state index contributed by atoms with van der Waals surface area (Å²) in [5, 5.41) is 5.56. The molecule has 2 N–H and O–H groups in total. The second-order valence-electron chi connectivity index (χ2n) is 8.87. The van der Waals surface area contributed by atoms with Crippen LogP contribution in [0.3, 0.4) is 0 Å². The number of nitrogens with zero attached hydrogens (tertiary/aromatic N) is 4. The number of piperidine rings is 1. The number of aryl methyl sites for hydroxylation is 1. The van der Waals surface area contributed by atoms with Crippen LogP contribution >= 0.6 is 11.8 Å². The van der Waals surface area contributed by atoms with E-state index in [9.17, 15) is 9.59 Å². The van der Waals surface area contributed by atoms with Gasteiger partial charge in [0.05, 0.1) is 17.7 Å². The number of benzene rings is 2. The van der Waals surface area contributed by atoms with Gasteiger partial charge in [0.2, 0.25) is 5.91 Å². The molecule has 1 fully saturated rings. The number of carbonyl (C=O) groups is 2. The van der Waals surface area contributed by atoms with Crippen LogP contribution in [0.1, 0.15) is 24.0 Å². The van der Waals surface area contributed by atoms with E-state index in [-0.39, 0.29) is 17.7 Å². The summed E-state index contributed by atoms with van der Waals surface area (Å²) in [4.78, 5) is 31.3. The van der Waals surface area contributed by atoms with Crippen molar-refractivity contribution in [2.45, 2.75) is 19.8 Å². The minimum absolute atomic E-state index is 0.113. The number of carbonyl (C=O) groups excluding carboxylic acids is 2. The lowest BCUT2D eigenvalue weighted by Gasteiger charge is -2.31. The Hall–Kier alpha value is -3.85. The van der Waals surface area contributed by atoms with Gasteiger partial charge >= 0.3 is 0 Å². The van der Waals surface area contributed by atoms with Crippen LogP contribution in [0, 0.1) is 12.8 Å². The van der Waals surface area contributed by atoms with Crippen LogP contribution in [0.2, 0.25) is 0 Å². The Morgan fingerprint density at radius 1 is 1.17 bits per heavy atom. The van der Waals surface area contributed by atoms with E-state index in [1.807, 2.05) is 72.4 Å². The van der Waals surface area contributed by atoms with Gasteiger partial charge in [0.15, 0.2) is 5.17 Å². The molecular weight excluding hydrogens is 474 g/mol.